The molecule has 0 aromatic rings. The van der Waals surface area contributed by atoms with E-state index in [1.54, 1.807) is 0 Å². The van der Waals surface area contributed by atoms with Crippen molar-refractivity contribution < 1.29 is 4.43 Å². The van der Waals surface area contributed by atoms with Gasteiger partial charge in [0.2, 0.25) is 0 Å². The lowest BCUT2D eigenvalue weighted by Gasteiger charge is -2.42. The highest BCUT2D eigenvalue weighted by Gasteiger charge is 2.40. The van der Waals surface area contributed by atoms with Crippen molar-refractivity contribution in [3.05, 3.63) is 0 Å². The zero-order valence-electron chi connectivity index (χ0n) is 11.5. The lowest BCUT2D eigenvalue weighted by atomic mass is 9.87. The third-order valence-electron chi connectivity index (χ3n) is 4.17. The average Bonchev–Trinajstić information content (AvgIpc) is 2.16. The topological polar surface area (TPSA) is 9.23 Å². The van der Waals surface area contributed by atoms with E-state index in [-0.39, 0.29) is 5.04 Å². The maximum absolute atomic E-state index is 6.44. The standard InChI is InChI=1S/C14H26OSi/c1-7-12-10-8-9-11-13(12)15-16(5,6)14(2,3)4/h1,12-13H,8-11H2,2-6H3/t12-,13+/m1/s1. The Balaban J connectivity index is 2.69. The van der Waals surface area contributed by atoms with Gasteiger partial charge in [0, 0.05) is 5.92 Å². The van der Waals surface area contributed by atoms with E-state index in [1.165, 1.54) is 12.8 Å². The molecule has 2 atom stereocenters. The molecule has 0 heterocycles. The first kappa shape index (κ1) is 13.8. The third kappa shape index (κ3) is 3.12. The van der Waals surface area contributed by atoms with E-state index < -0.39 is 8.32 Å². The van der Waals surface area contributed by atoms with E-state index in [2.05, 4.69) is 39.8 Å². The van der Waals surface area contributed by atoms with Gasteiger partial charge in [0.1, 0.15) is 0 Å². The summed E-state index contributed by atoms with van der Waals surface area (Å²) in [5.41, 5.74) is 0. The Morgan fingerprint density at radius 1 is 1.19 bits per heavy atom. The minimum Gasteiger partial charge on any atom is -0.413 e. The molecule has 16 heavy (non-hydrogen) atoms. The molecule has 92 valence electrons. The van der Waals surface area contributed by atoms with Gasteiger partial charge in [-0.2, -0.15) is 0 Å². The molecule has 0 N–H and O–H groups in total. The summed E-state index contributed by atoms with van der Waals surface area (Å²) in [4.78, 5) is 0. The molecule has 0 bridgehead atoms. The fourth-order valence-corrected chi connectivity index (χ4v) is 3.38. The van der Waals surface area contributed by atoms with Gasteiger partial charge in [-0.15, -0.1) is 12.3 Å². The van der Waals surface area contributed by atoms with Gasteiger partial charge in [-0.05, 0) is 31.0 Å². The van der Waals surface area contributed by atoms with Gasteiger partial charge in [-0.1, -0.05) is 33.6 Å². The summed E-state index contributed by atoms with van der Waals surface area (Å²) < 4.78 is 6.44. The molecule has 1 saturated carbocycles. The molecule has 0 aromatic heterocycles. The molecule has 1 rings (SSSR count). The number of hydrogen-bond donors (Lipinski definition) is 0. The highest BCUT2D eigenvalue weighted by Crippen LogP contribution is 2.40. The maximum Gasteiger partial charge on any atom is 0.192 e. The van der Waals surface area contributed by atoms with E-state index in [9.17, 15) is 0 Å². The summed E-state index contributed by atoms with van der Waals surface area (Å²) in [6, 6.07) is 0. The molecule has 0 unspecified atom stereocenters. The van der Waals surface area contributed by atoms with E-state index in [0.717, 1.165) is 12.8 Å². The molecule has 0 spiro atoms. The Bertz CT molecular complexity index is 269. The van der Waals surface area contributed by atoms with Crippen LogP contribution in [-0.2, 0) is 4.43 Å². The van der Waals surface area contributed by atoms with Crippen molar-refractivity contribution in [2.45, 2.75) is 70.7 Å². The molecule has 1 aliphatic rings. The van der Waals surface area contributed by atoms with Crippen LogP contribution in [0.25, 0.3) is 0 Å². The van der Waals surface area contributed by atoms with Crippen LogP contribution in [0.3, 0.4) is 0 Å². The molecule has 0 radical (unpaired) electrons. The van der Waals surface area contributed by atoms with Crippen LogP contribution in [0, 0.1) is 18.3 Å². The first-order valence-electron chi connectivity index (χ1n) is 6.42. The Kier molecular flexibility index (Phi) is 4.26. The predicted octanol–water partition coefficient (Wildman–Crippen LogP) is 4.20. The van der Waals surface area contributed by atoms with Crippen molar-refractivity contribution in [3.63, 3.8) is 0 Å². The molecule has 0 saturated heterocycles. The second-order valence-corrected chi connectivity index (χ2v) is 11.2. The molecule has 0 aromatic carbocycles. The van der Waals surface area contributed by atoms with Crippen LogP contribution in [-0.4, -0.2) is 14.4 Å². The van der Waals surface area contributed by atoms with E-state index in [4.69, 9.17) is 10.8 Å². The van der Waals surface area contributed by atoms with Crippen LogP contribution in [0.2, 0.25) is 18.1 Å². The lowest BCUT2D eigenvalue weighted by molar-refractivity contribution is 0.106. The van der Waals surface area contributed by atoms with Gasteiger partial charge in [0.05, 0.1) is 6.10 Å². The van der Waals surface area contributed by atoms with Crippen molar-refractivity contribution in [1.82, 2.24) is 0 Å². The largest absolute Gasteiger partial charge is 0.413 e. The SMILES string of the molecule is C#C[C@@H]1CCCC[C@@H]1O[Si](C)(C)C(C)(C)C. The zero-order chi connectivity index (χ0) is 12.4. The quantitative estimate of drug-likeness (QED) is 0.517. The van der Waals surface area contributed by atoms with Crippen LogP contribution >= 0.6 is 0 Å². The molecule has 1 aliphatic carbocycles. The summed E-state index contributed by atoms with van der Waals surface area (Å²) in [6.45, 7) is 11.5. The summed E-state index contributed by atoms with van der Waals surface area (Å²) >= 11 is 0. The number of terminal acetylenes is 1. The summed E-state index contributed by atoms with van der Waals surface area (Å²) in [6.07, 6.45) is 10.8. The minimum absolute atomic E-state index is 0.281. The molecule has 0 amide bonds. The van der Waals surface area contributed by atoms with Crippen molar-refractivity contribution in [2.75, 3.05) is 0 Å². The summed E-state index contributed by atoms with van der Waals surface area (Å²) in [5.74, 6) is 3.28. The van der Waals surface area contributed by atoms with E-state index in [0.29, 0.717) is 12.0 Å². The highest BCUT2D eigenvalue weighted by molar-refractivity contribution is 6.74. The van der Waals surface area contributed by atoms with Crippen LogP contribution in [0.5, 0.6) is 0 Å². The first-order valence-corrected chi connectivity index (χ1v) is 9.33. The van der Waals surface area contributed by atoms with Crippen LogP contribution in [0.4, 0.5) is 0 Å². The van der Waals surface area contributed by atoms with Gasteiger partial charge >= 0.3 is 0 Å². The minimum atomic E-state index is -1.65. The van der Waals surface area contributed by atoms with Gasteiger partial charge in [-0.25, -0.2) is 0 Å². The molecule has 0 aliphatic heterocycles. The fraction of sp³-hybridized carbons (Fsp3) is 0.857. The zero-order valence-corrected chi connectivity index (χ0v) is 12.5. The monoisotopic (exact) mass is 238 g/mol. The lowest BCUT2D eigenvalue weighted by Crippen LogP contribution is -2.46. The molecular formula is C14H26OSi. The van der Waals surface area contributed by atoms with E-state index in [1.807, 2.05) is 0 Å². The average molecular weight is 238 g/mol. The molecule has 1 fully saturated rings. The number of hydrogen-bond acceptors (Lipinski definition) is 1. The van der Waals surface area contributed by atoms with Crippen molar-refractivity contribution in [2.24, 2.45) is 5.92 Å². The Hall–Kier alpha value is -0.263. The smallest absolute Gasteiger partial charge is 0.192 e. The number of rotatable bonds is 2. The summed E-state index contributed by atoms with van der Waals surface area (Å²) in [7, 11) is -1.65. The second-order valence-electron chi connectivity index (χ2n) is 6.47. The Morgan fingerprint density at radius 2 is 1.75 bits per heavy atom. The van der Waals surface area contributed by atoms with Crippen LogP contribution < -0.4 is 0 Å². The van der Waals surface area contributed by atoms with E-state index >= 15 is 0 Å². The molecular weight excluding hydrogens is 212 g/mol. The normalized spacial score (nSPS) is 27.5. The molecule has 1 nitrogen and oxygen atoms in total. The van der Waals surface area contributed by atoms with Gasteiger partial charge in [-0.3, -0.25) is 0 Å². The Morgan fingerprint density at radius 3 is 2.25 bits per heavy atom. The van der Waals surface area contributed by atoms with Gasteiger partial charge in [0.15, 0.2) is 8.32 Å². The van der Waals surface area contributed by atoms with Crippen molar-refractivity contribution in [3.8, 4) is 12.3 Å². The van der Waals surface area contributed by atoms with Crippen LogP contribution in [0.1, 0.15) is 46.5 Å². The van der Waals surface area contributed by atoms with Crippen LogP contribution in [0.15, 0.2) is 0 Å². The predicted molar refractivity (Wildman–Crippen MR) is 72.9 cm³/mol. The summed E-state index contributed by atoms with van der Waals surface area (Å²) in [5, 5.41) is 0.281. The fourth-order valence-electron chi connectivity index (χ4n) is 1.98. The van der Waals surface area contributed by atoms with Gasteiger partial charge in [0.25, 0.3) is 0 Å². The van der Waals surface area contributed by atoms with Gasteiger partial charge < -0.3 is 4.43 Å². The van der Waals surface area contributed by atoms with Crippen molar-refractivity contribution in [1.29, 1.82) is 0 Å². The maximum atomic E-state index is 6.44. The Labute approximate surface area is 102 Å². The third-order valence-corrected chi connectivity index (χ3v) is 8.67. The second kappa shape index (κ2) is 4.94. The molecule has 2 heteroatoms. The van der Waals surface area contributed by atoms with Crippen molar-refractivity contribution >= 4 is 8.32 Å². The highest BCUT2D eigenvalue weighted by atomic mass is 28.4. The first-order chi connectivity index (χ1) is 7.28.